The normalized spacial score (nSPS) is 18.2. The van der Waals surface area contributed by atoms with Crippen LogP contribution in [0.1, 0.15) is 29.8 Å². The van der Waals surface area contributed by atoms with E-state index >= 15 is 0 Å². The third kappa shape index (κ3) is 3.39. The predicted molar refractivity (Wildman–Crippen MR) is 83.8 cm³/mol. The average molecular weight is 307 g/mol. The lowest BCUT2D eigenvalue weighted by atomic mass is 10.0. The molecule has 2 heterocycles. The van der Waals surface area contributed by atoms with Crippen LogP contribution in [0.15, 0.2) is 24.3 Å². The summed E-state index contributed by atoms with van der Waals surface area (Å²) in [5.74, 6) is 0.582. The van der Waals surface area contributed by atoms with Crippen LogP contribution in [0.5, 0.6) is 0 Å². The quantitative estimate of drug-likeness (QED) is 0.832. The van der Waals surface area contributed by atoms with E-state index in [9.17, 15) is 4.79 Å². The molecule has 4 nitrogen and oxygen atoms in total. The third-order valence-corrected chi connectivity index (χ3v) is 4.28. The van der Waals surface area contributed by atoms with Gasteiger partial charge >= 0.3 is 0 Å². The van der Waals surface area contributed by atoms with E-state index in [2.05, 4.69) is 10.3 Å². The number of carbonyl (C=O) groups is 1. The summed E-state index contributed by atoms with van der Waals surface area (Å²) < 4.78 is 5.34. The van der Waals surface area contributed by atoms with Crippen LogP contribution in [0, 0.1) is 5.92 Å². The fourth-order valence-electron chi connectivity index (χ4n) is 2.74. The van der Waals surface area contributed by atoms with Gasteiger partial charge in [0.2, 0.25) is 0 Å². The number of H-pyrrole nitrogens is 1. The molecule has 1 aliphatic rings. The number of nitrogens with one attached hydrogen (secondary N) is 2. The van der Waals surface area contributed by atoms with Crippen LogP contribution in [-0.2, 0) is 4.74 Å². The van der Waals surface area contributed by atoms with Crippen molar-refractivity contribution >= 4 is 28.4 Å². The summed E-state index contributed by atoms with van der Waals surface area (Å²) in [7, 11) is 0. The molecule has 0 radical (unpaired) electrons. The highest BCUT2D eigenvalue weighted by molar-refractivity contribution is 6.35. The van der Waals surface area contributed by atoms with Gasteiger partial charge in [0, 0.05) is 35.7 Å². The van der Waals surface area contributed by atoms with Gasteiger partial charge in [0.1, 0.15) is 5.69 Å². The molecule has 21 heavy (non-hydrogen) atoms. The van der Waals surface area contributed by atoms with Gasteiger partial charge in [-0.1, -0.05) is 17.7 Å². The maximum Gasteiger partial charge on any atom is 0.267 e. The molecule has 1 aliphatic heterocycles. The minimum absolute atomic E-state index is 0.0788. The van der Waals surface area contributed by atoms with Crippen molar-refractivity contribution in [3.05, 3.63) is 35.0 Å². The fraction of sp³-hybridized carbons (Fsp3) is 0.438. The smallest absolute Gasteiger partial charge is 0.267 e. The SMILES string of the molecule is O=C(NCCCC1CCOC1)c1cc2c(Cl)cccc2[nH]1. The maximum absolute atomic E-state index is 12.1. The molecule has 1 aromatic carbocycles. The Morgan fingerprint density at radius 2 is 2.38 bits per heavy atom. The highest BCUT2D eigenvalue weighted by Crippen LogP contribution is 2.24. The molecule has 0 saturated carbocycles. The van der Waals surface area contributed by atoms with Crippen LogP contribution < -0.4 is 5.32 Å². The van der Waals surface area contributed by atoms with Crippen molar-refractivity contribution in [3.8, 4) is 0 Å². The molecule has 0 bridgehead atoms. The van der Waals surface area contributed by atoms with E-state index in [0.29, 0.717) is 23.2 Å². The van der Waals surface area contributed by atoms with Gasteiger partial charge in [-0.25, -0.2) is 0 Å². The van der Waals surface area contributed by atoms with Crippen molar-refractivity contribution in [1.29, 1.82) is 0 Å². The van der Waals surface area contributed by atoms with Gasteiger partial charge in [0.15, 0.2) is 0 Å². The molecule has 1 aromatic heterocycles. The van der Waals surface area contributed by atoms with Crippen molar-refractivity contribution in [2.24, 2.45) is 5.92 Å². The zero-order valence-corrected chi connectivity index (χ0v) is 12.6. The Labute approximate surface area is 128 Å². The summed E-state index contributed by atoms with van der Waals surface area (Å²) in [5, 5.41) is 4.49. The average Bonchev–Trinajstić information content (AvgIpc) is 3.13. The number of ether oxygens (including phenoxy) is 1. The number of fused-ring (bicyclic) bond motifs is 1. The molecule has 0 aliphatic carbocycles. The van der Waals surface area contributed by atoms with Crippen LogP contribution in [-0.4, -0.2) is 30.6 Å². The molecular formula is C16H19ClN2O2. The summed E-state index contributed by atoms with van der Waals surface area (Å²) in [5.41, 5.74) is 1.44. The summed E-state index contributed by atoms with van der Waals surface area (Å²) in [6.45, 7) is 2.44. The molecule has 1 unspecified atom stereocenters. The Bertz CT molecular complexity index is 632. The lowest BCUT2D eigenvalue weighted by Gasteiger charge is -2.07. The van der Waals surface area contributed by atoms with Crippen LogP contribution in [0.2, 0.25) is 5.02 Å². The molecule has 0 spiro atoms. The van der Waals surface area contributed by atoms with E-state index in [1.807, 2.05) is 18.2 Å². The molecule has 2 N–H and O–H groups in total. The zero-order chi connectivity index (χ0) is 14.7. The molecule has 1 saturated heterocycles. The van der Waals surface area contributed by atoms with Crippen molar-refractivity contribution < 1.29 is 9.53 Å². The number of hydrogen-bond acceptors (Lipinski definition) is 2. The van der Waals surface area contributed by atoms with E-state index in [1.54, 1.807) is 6.07 Å². The fourth-order valence-corrected chi connectivity index (χ4v) is 2.97. The summed E-state index contributed by atoms with van der Waals surface area (Å²) >= 11 is 6.11. The van der Waals surface area contributed by atoms with E-state index in [-0.39, 0.29) is 5.91 Å². The summed E-state index contributed by atoms with van der Waals surface area (Å²) in [4.78, 5) is 15.2. The molecule has 112 valence electrons. The Balaban J connectivity index is 1.53. The van der Waals surface area contributed by atoms with E-state index in [4.69, 9.17) is 16.3 Å². The number of halogens is 1. The number of aromatic amines is 1. The van der Waals surface area contributed by atoms with Crippen molar-refractivity contribution in [1.82, 2.24) is 10.3 Å². The monoisotopic (exact) mass is 306 g/mol. The van der Waals surface area contributed by atoms with Gasteiger partial charge in [-0.3, -0.25) is 4.79 Å². The van der Waals surface area contributed by atoms with Crippen molar-refractivity contribution in [2.45, 2.75) is 19.3 Å². The van der Waals surface area contributed by atoms with Crippen LogP contribution in [0.25, 0.3) is 10.9 Å². The number of hydrogen-bond donors (Lipinski definition) is 2. The second kappa shape index (κ2) is 6.50. The van der Waals surface area contributed by atoms with E-state index in [0.717, 1.165) is 43.4 Å². The number of rotatable bonds is 5. The topological polar surface area (TPSA) is 54.1 Å². The second-order valence-corrected chi connectivity index (χ2v) is 5.92. The number of carbonyl (C=O) groups excluding carboxylic acids is 1. The molecular weight excluding hydrogens is 288 g/mol. The van der Waals surface area contributed by atoms with Gasteiger partial charge < -0.3 is 15.0 Å². The van der Waals surface area contributed by atoms with E-state index < -0.39 is 0 Å². The van der Waals surface area contributed by atoms with Gasteiger partial charge in [0.05, 0.1) is 0 Å². The molecule has 1 atom stereocenters. The highest BCUT2D eigenvalue weighted by atomic mass is 35.5. The van der Waals surface area contributed by atoms with E-state index in [1.165, 1.54) is 0 Å². The first-order valence-electron chi connectivity index (χ1n) is 7.37. The summed E-state index contributed by atoms with van der Waals surface area (Å²) in [6.07, 6.45) is 3.24. The van der Waals surface area contributed by atoms with Crippen LogP contribution in [0.4, 0.5) is 0 Å². The Morgan fingerprint density at radius 1 is 1.48 bits per heavy atom. The zero-order valence-electron chi connectivity index (χ0n) is 11.8. The third-order valence-electron chi connectivity index (χ3n) is 3.95. The maximum atomic E-state index is 12.1. The Morgan fingerprint density at radius 3 is 3.14 bits per heavy atom. The molecule has 5 heteroatoms. The largest absolute Gasteiger partial charge is 0.381 e. The summed E-state index contributed by atoms with van der Waals surface area (Å²) in [6, 6.07) is 7.41. The lowest BCUT2D eigenvalue weighted by Crippen LogP contribution is -2.25. The van der Waals surface area contributed by atoms with Gasteiger partial charge in [0.25, 0.3) is 5.91 Å². The minimum Gasteiger partial charge on any atom is -0.381 e. The Hall–Kier alpha value is -1.52. The standard InChI is InChI=1S/C16H19ClN2O2/c17-13-4-1-5-14-12(13)9-15(19-14)16(20)18-7-2-3-11-6-8-21-10-11/h1,4-5,9,11,19H,2-3,6-8,10H2,(H,18,20). The molecule has 3 rings (SSSR count). The van der Waals surface area contributed by atoms with Gasteiger partial charge in [-0.05, 0) is 43.4 Å². The van der Waals surface area contributed by atoms with Crippen LogP contribution in [0.3, 0.4) is 0 Å². The first-order valence-corrected chi connectivity index (χ1v) is 7.75. The minimum atomic E-state index is -0.0788. The van der Waals surface area contributed by atoms with Gasteiger partial charge in [-0.2, -0.15) is 0 Å². The molecule has 2 aromatic rings. The molecule has 1 fully saturated rings. The lowest BCUT2D eigenvalue weighted by molar-refractivity contribution is 0.0948. The van der Waals surface area contributed by atoms with Crippen molar-refractivity contribution in [3.63, 3.8) is 0 Å². The first kappa shape index (κ1) is 14.4. The number of benzene rings is 1. The van der Waals surface area contributed by atoms with Gasteiger partial charge in [-0.15, -0.1) is 0 Å². The second-order valence-electron chi connectivity index (χ2n) is 5.51. The van der Waals surface area contributed by atoms with Crippen LogP contribution >= 0.6 is 11.6 Å². The highest BCUT2D eigenvalue weighted by Gasteiger charge is 2.15. The number of amides is 1. The predicted octanol–water partition coefficient (Wildman–Crippen LogP) is 3.37. The van der Waals surface area contributed by atoms with Crippen molar-refractivity contribution in [2.75, 3.05) is 19.8 Å². The first-order chi connectivity index (χ1) is 10.2. The molecule has 1 amide bonds. The number of aromatic nitrogens is 1. The Kier molecular flexibility index (Phi) is 4.46.